The lowest BCUT2D eigenvalue weighted by atomic mass is 9.97. The number of carbonyl (C=O) groups is 5. The summed E-state index contributed by atoms with van der Waals surface area (Å²) in [6.07, 6.45) is 0.142. The normalized spacial score (nSPS) is 15.7. The zero-order valence-electron chi connectivity index (χ0n) is 17.4. The Morgan fingerprint density at radius 1 is 1.23 bits per heavy atom. The van der Waals surface area contributed by atoms with Crippen molar-refractivity contribution in [1.29, 1.82) is 0 Å². The first-order valence-corrected chi connectivity index (χ1v) is 9.92. The molecule has 1 aliphatic heterocycles. The van der Waals surface area contributed by atoms with Crippen LogP contribution in [0.5, 0.6) is 0 Å². The number of urea groups is 1. The number of hydrogen-bond acceptors (Lipinski definition) is 5. The number of para-hydroxylation sites is 2. The number of carboxylic acids is 1. The van der Waals surface area contributed by atoms with Gasteiger partial charge in [0.25, 0.3) is 0 Å². The second-order valence-corrected chi connectivity index (χ2v) is 7.37. The zero-order chi connectivity index (χ0) is 23.1. The molecule has 11 heteroatoms. The number of anilines is 2. The first-order chi connectivity index (χ1) is 14.6. The number of carbonyl (C=O) groups excluding carboxylic acids is 4. The molecule has 0 bridgehead atoms. The van der Waals surface area contributed by atoms with Gasteiger partial charge in [0.15, 0.2) is 0 Å². The van der Waals surface area contributed by atoms with Gasteiger partial charge in [-0.25, -0.2) is 9.59 Å². The Kier molecular flexibility index (Phi) is 7.94. The van der Waals surface area contributed by atoms with Crippen LogP contribution >= 0.6 is 0 Å². The third-order valence-corrected chi connectivity index (χ3v) is 5.08. The maximum absolute atomic E-state index is 13.0. The molecule has 0 aromatic heterocycles. The highest BCUT2D eigenvalue weighted by Gasteiger charge is 2.33. The summed E-state index contributed by atoms with van der Waals surface area (Å²) in [5.74, 6) is -3.41. The highest BCUT2D eigenvalue weighted by Crippen LogP contribution is 2.29. The van der Waals surface area contributed by atoms with E-state index < -0.39 is 35.9 Å². The second-order valence-electron chi connectivity index (χ2n) is 7.37. The van der Waals surface area contributed by atoms with Gasteiger partial charge < -0.3 is 26.8 Å². The summed E-state index contributed by atoms with van der Waals surface area (Å²) < 4.78 is 0. The van der Waals surface area contributed by atoms with Crippen molar-refractivity contribution in [3.8, 4) is 0 Å². The van der Waals surface area contributed by atoms with Crippen LogP contribution in [0, 0.1) is 5.92 Å². The maximum atomic E-state index is 13.0. The van der Waals surface area contributed by atoms with E-state index in [0.29, 0.717) is 17.8 Å². The summed E-state index contributed by atoms with van der Waals surface area (Å²) in [7, 11) is 0. The molecule has 0 aliphatic carbocycles. The third-order valence-electron chi connectivity index (χ3n) is 5.08. The number of amides is 5. The third kappa shape index (κ3) is 6.17. The average Bonchev–Trinajstić information content (AvgIpc) is 2.72. The van der Waals surface area contributed by atoms with Crippen LogP contribution in [0.1, 0.15) is 33.1 Å². The fourth-order valence-corrected chi connectivity index (χ4v) is 3.13. The number of hydrogen-bond donors (Lipinski definition) is 5. The fourth-order valence-electron chi connectivity index (χ4n) is 3.13. The minimum atomic E-state index is -1.33. The molecule has 6 N–H and O–H groups in total. The van der Waals surface area contributed by atoms with Crippen LogP contribution in [0.25, 0.3) is 0 Å². The lowest BCUT2D eigenvalue weighted by Gasteiger charge is -2.32. The van der Waals surface area contributed by atoms with Gasteiger partial charge in [-0.05, 0) is 24.5 Å². The van der Waals surface area contributed by atoms with Crippen molar-refractivity contribution in [3.05, 3.63) is 24.3 Å². The van der Waals surface area contributed by atoms with Crippen LogP contribution in [0.15, 0.2) is 24.3 Å². The van der Waals surface area contributed by atoms with E-state index in [1.54, 1.807) is 31.2 Å². The summed E-state index contributed by atoms with van der Waals surface area (Å²) >= 11 is 0. The molecule has 5 amide bonds. The largest absolute Gasteiger partial charge is 0.480 e. The number of carboxylic acid groups (broad SMARTS) is 1. The fraction of sp³-hybridized carbons (Fsp3) is 0.450. The van der Waals surface area contributed by atoms with E-state index in [-0.39, 0.29) is 31.2 Å². The van der Waals surface area contributed by atoms with Gasteiger partial charge in [-0.1, -0.05) is 32.4 Å². The van der Waals surface area contributed by atoms with Crippen LogP contribution in [0.2, 0.25) is 0 Å². The molecule has 1 aromatic rings. The van der Waals surface area contributed by atoms with E-state index in [2.05, 4.69) is 16.0 Å². The Bertz CT molecular complexity index is 873. The quantitative estimate of drug-likeness (QED) is 0.377. The van der Waals surface area contributed by atoms with Crippen molar-refractivity contribution in [2.75, 3.05) is 16.8 Å². The molecule has 1 aromatic carbocycles. The molecule has 0 unspecified atom stereocenters. The molecule has 31 heavy (non-hydrogen) atoms. The highest BCUT2D eigenvalue weighted by molar-refractivity contribution is 6.10. The van der Waals surface area contributed by atoms with Gasteiger partial charge >= 0.3 is 12.0 Å². The van der Waals surface area contributed by atoms with Crippen molar-refractivity contribution in [1.82, 2.24) is 10.6 Å². The Balaban J connectivity index is 2.18. The average molecular weight is 433 g/mol. The number of aliphatic carboxylic acids is 1. The predicted molar refractivity (Wildman–Crippen MR) is 112 cm³/mol. The van der Waals surface area contributed by atoms with Crippen LogP contribution in [0.4, 0.5) is 16.2 Å². The van der Waals surface area contributed by atoms with Gasteiger partial charge in [-0.3, -0.25) is 19.3 Å². The molecular formula is C20H27N5O6. The first kappa shape index (κ1) is 23.6. The van der Waals surface area contributed by atoms with E-state index >= 15 is 0 Å². The van der Waals surface area contributed by atoms with Crippen molar-refractivity contribution < 1.29 is 29.1 Å². The van der Waals surface area contributed by atoms with Gasteiger partial charge in [-0.15, -0.1) is 0 Å². The predicted octanol–water partition coefficient (Wildman–Crippen LogP) is 0.404. The SMILES string of the molecule is CC[C@@H](C)[C@H](NC(=O)N1CC(=O)Nc2ccccc21)C(=O)N[C@@H](CCC(N)=O)C(=O)O. The van der Waals surface area contributed by atoms with Gasteiger partial charge in [0.05, 0.1) is 11.4 Å². The molecule has 11 nitrogen and oxygen atoms in total. The summed E-state index contributed by atoms with van der Waals surface area (Å²) in [5.41, 5.74) is 6.01. The number of nitrogens with zero attached hydrogens (tertiary/aromatic N) is 1. The van der Waals surface area contributed by atoms with Crippen molar-refractivity contribution >= 4 is 41.1 Å². The van der Waals surface area contributed by atoms with Crippen molar-refractivity contribution in [2.45, 2.75) is 45.2 Å². The molecule has 1 heterocycles. The van der Waals surface area contributed by atoms with Gasteiger partial charge in [0.1, 0.15) is 18.6 Å². The molecule has 2 rings (SSSR count). The summed E-state index contributed by atoms with van der Waals surface area (Å²) in [5, 5.41) is 17.0. The highest BCUT2D eigenvalue weighted by atomic mass is 16.4. The molecular weight excluding hydrogens is 406 g/mol. The second kappa shape index (κ2) is 10.4. The molecule has 1 aliphatic rings. The number of primary amides is 1. The molecule has 0 spiro atoms. The minimum Gasteiger partial charge on any atom is -0.480 e. The lowest BCUT2D eigenvalue weighted by Crippen LogP contribution is -2.57. The van der Waals surface area contributed by atoms with E-state index in [0.717, 1.165) is 0 Å². The standard InChI is InChI=1S/C20H27N5O6/c1-3-11(2)17(18(28)23-13(19(29)30)8-9-15(21)26)24-20(31)25-10-16(27)22-12-6-4-5-7-14(12)25/h4-7,11,13,17H,3,8-10H2,1-2H3,(H2,21,26)(H,22,27)(H,23,28)(H,24,31)(H,29,30)/t11-,13+,17+/m1/s1. The number of rotatable bonds is 9. The lowest BCUT2D eigenvalue weighted by molar-refractivity contribution is -0.142. The molecule has 0 saturated heterocycles. The van der Waals surface area contributed by atoms with Crippen LogP contribution in [-0.4, -0.2) is 53.5 Å². The van der Waals surface area contributed by atoms with E-state index in [9.17, 15) is 29.1 Å². The number of nitrogens with one attached hydrogen (secondary N) is 3. The van der Waals surface area contributed by atoms with Crippen molar-refractivity contribution in [3.63, 3.8) is 0 Å². The van der Waals surface area contributed by atoms with Crippen LogP contribution in [-0.2, 0) is 19.2 Å². The van der Waals surface area contributed by atoms with Crippen LogP contribution < -0.4 is 26.6 Å². The Morgan fingerprint density at radius 3 is 2.52 bits per heavy atom. The first-order valence-electron chi connectivity index (χ1n) is 9.92. The summed E-state index contributed by atoms with van der Waals surface area (Å²) in [6, 6.07) is 3.71. The van der Waals surface area contributed by atoms with Gasteiger partial charge in [0, 0.05) is 6.42 Å². The molecule has 0 fully saturated rings. The Morgan fingerprint density at radius 2 is 1.90 bits per heavy atom. The van der Waals surface area contributed by atoms with E-state index in [4.69, 9.17) is 5.73 Å². The maximum Gasteiger partial charge on any atom is 0.326 e. The van der Waals surface area contributed by atoms with E-state index in [1.165, 1.54) is 4.90 Å². The summed E-state index contributed by atoms with van der Waals surface area (Å²) in [6.45, 7) is 3.33. The Labute approximate surface area is 179 Å². The van der Waals surface area contributed by atoms with Gasteiger partial charge in [0.2, 0.25) is 17.7 Å². The van der Waals surface area contributed by atoms with Crippen LogP contribution in [0.3, 0.4) is 0 Å². The number of nitrogens with two attached hydrogens (primary N) is 1. The number of fused-ring (bicyclic) bond motifs is 1. The number of benzene rings is 1. The molecule has 3 atom stereocenters. The summed E-state index contributed by atoms with van der Waals surface area (Å²) in [4.78, 5) is 61.4. The van der Waals surface area contributed by atoms with Gasteiger partial charge in [-0.2, -0.15) is 0 Å². The molecule has 0 radical (unpaired) electrons. The van der Waals surface area contributed by atoms with Crippen molar-refractivity contribution in [2.24, 2.45) is 11.7 Å². The monoisotopic (exact) mass is 433 g/mol. The molecule has 0 saturated carbocycles. The van der Waals surface area contributed by atoms with E-state index in [1.807, 2.05) is 6.92 Å². The molecule has 168 valence electrons. The topological polar surface area (TPSA) is 171 Å². The zero-order valence-corrected chi connectivity index (χ0v) is 17.4. The smallest absolute Gasteiger partial charge is 0.326 e. The Hall–Kier alpha value is -3.63. The minimum absolute atomic E-state index is 0.169.